The average molecular weight is 323 g/mol. The highest BCUT2D eigenvalue weighted by Crippen LogP contribution is 2.30. The topological polar surface area (TPSA) is 68.0 Å². The Labute approximate surface area is 133 Å². The van der Waals surface area contributed by atoms with E-state index in [9.17, 15) is 4.79 Å². The number of anilines is 1. The summed E-state index contributed by atoms with van der Waals surface area (Å²) in [5.41, 5.74) is 7.35. The molecular weight excluding hydrogens is 302 g/mol. The van der Waals surface area contributed by atoms with Crippen molar-refractivity contribution in [1.82, 2.24) is 4.98 Å². The SMILES string of the molecule is CSc1nc2ccc(NC(=O)CCC(C)CCN)cc2s1. The van der Waals surface area contributed by atoms with E-state index in [1.54, 1.807) is 23.1 Å². The highest BCUT2D eigenvalue weighted by molar-refractivity contribution is 8.00. The van der Waals surface area contributed by atoms with Gasteiger partial charge in [-0.05, 0) is 49.8 Å². The Hall–Kier alpha value is -1.11. The number of fused-ring (bicyclic) bond motifs is 1. The van der Waals surface area contributed by atoms with E-state index in [0.29, 0.717) is 18.9 Å². The molecular formula is C15H21N3OS2. The molecule has 1 aromatic heterocycles. The molecule has 6 heteroatoms. The number of nitrogens with two attached hydrogens (primary N) is 1. The van der Waals surface area contributed by atoms with Gasteiger partial charge in [0.15, 0.2) is 4.34 Å². The van der Waals surface area contributed by atoms with Crippen molar-refractivity contribution < 1.29 is 4.79 Å². The molecule has 0 fully saturated rings. The highest BCUT2D eigenvalue weighted by Gasteiger charge is 2.08. The Morgan fingerprint density at radius 1 is 1.48 bits per heavy atom. The molecule has 0 saturated heterocycles. The van der Waals surface area contributed by atoms with Gasteiger partial charge < -0.3 is 11.1 Å². The first-order chi connectivity index (χ1) is 10.1. The zero-order chi connectivity index (χ0) is 15.2. The minimum atomic E-state index is 0.0628. The van der Waals surface area contributed by atoms with Crippen molar-refractivity contribution in [2.24, 2.45) is 11.7 Å². The number of nitrogens with zero attached hydrogens (tertiary/aromatic N) is 1. The zero-order valence-corrected chi connectivity index (χ0v) is 14.0. The quantitative estimate of drug-likeness (QED) is 0.762. The molecule has 3 N–H and O–H groups in total. The predicted molar refractivity (Wildman–Crippen MR) is 92.1 cm³/mol. The largest absolute Gasteiger partial charge is 0.330 e. The number of aromatic nitrogens is 1. The molecule has 0 radical (unpaired) electrons. The van der Waals surface area contributed by atoms with Crippen molar-refractivity contribution in [3.8, 4) is 0 Å². The van der Waals surface area contributed by atoms with Crippen LogP contribution in [0.15, 0.2) is 22.5 Å². The standard InChI is InChI=1S/C15H21N3OS2/c1-10(7-8-16)3-6-14(19)17-11-4-5-12-13(9-11)21-15(18-12)20-2/h4-5,9-10H,3,6-8,16H2,1-2H3,(H,17,19). The molecule has 1 aromatic carbocycles. The summed E-state index contributed by atoms with van der Waals surface area (Å²) < 4.78 is 2.15. The van der Waals surface area contributed by atoms with Crippen molar-refractivity contribution in [2.45, 2.75) is 30.5 Å². The van der Waals surface area contributed by atoms with Crippen molar-refractivity contribution >= 4 is 44.9 Å². The Balaban J connectivity index is 1.94. The van der Waals surface area contributed by atoms with Gasteiger partial charge in [0, 0.05) is 12.1 Å². The fourth-order valence-electron chi connectivity index (χ4n) is 2.10. The number of thiazole rings is 1. The van der Waals surface area contributed by atoms with Gasteiger partial charge in [-0.1, -0.05) is 18.7 Å². The lowest BCUT2D eigenvalue weighted by atomic mass is 10.0. The Morgan fingerprint density at radius 2 is 2.29 bits per heavy atom. The zero-order valence-electron chi connectivity index (χ0n) is 12.4. The molecule has 0 aliphatic heterocycles. The van der Waals surface area contributed by atoms with Crippen LogP contribution < -0.4 is 11.1 Å². The lowest BCUT2D eigenvalue weighted by Gasteiger charge is -2.10. The molecule has 0 aliphatic carbocycles. The van der Waals surface area contributed by atoms with Gasteiger partial charge in [0.25, 0.3) is 0 Å². The van der Waals surface area contributed by atoms with E-state index in [-0.39, 0.29) is 5.91 Å². The van der Waals surface area contributed by atoms with E-state index in [2.05, 4.69) is 17.2 Å². The van der Waals surface area contributed by atoms with Crippen LogP contribution in [0.5, 0.6) is 0 Å². The number of rotatable bonds is 7. The molecule has 1 heterocycles. The van der Waals surface area contributed by atoms with Crippen molar-refractivity contribution in [3.63, 3.8) is 0 Å². The fraction of sp³-hybridized carbons (Fsp3) is 0.467. The number of hydrogen-bond acceptors (Lipinski definition) is 5. The number of thioether (sulfide) groups is 1. The molecule has 0 aliphatic rings. The third-order valence-corrected chi connectivity index (χ3v) is 5.35. The number of nitrogens with one attached hydrogen (secondary N) is 1. The van der Waals surface area contributed by atoms with Crippen molar-refractivity contribution in [2.75, 3.05) is 18.1 Å². The van der Waals surface area contributed by atoms with E-state index in [1.165, 1.54) is 0 Å². The Kier molecular flexibility index (Phi) is 6.02. The van der Waals surface area contributed by atoms with Crippen LogP contribution in [-0.2, 0) is 4.79 Å². The summed E-state index contributed by atoms with van der Waals surface area (Å²) >= 11 is 3.29. The summed E-state index contributed by atoms with van der Waals surface area (Å²) in [5, 5.41) is 2.96. The second kappa shape index (κ2) is 7.77. The Bertz CT molecular complexity index is 612. The molecule has 21 heavy (non-hydrogen) atoms. The summed E-state index contributed by atoms with van der Waals surface area (Å²) in [7, 11) is 0. The van der Waals surface area contributed by atoms with E-state index < -0.39 is 0 Å². The van der Waals surface area contributed by atoms with Gasteiger partial charge >= 0.3 is 0 Å². The van der Waals surface area contributed by atoms with Crippen LogP contribution in [-0.4, -0.2) is 23.7 Å². The van der Waals surface area contributed by atoms with Gasteiger partial charge in [0.1, 0.15) is 0 Å². The first-order valence-corrected chi connectivity index (χ1v) is 9.11. The van der Waals surface area contributed by atoms with Gasteiger partial charge in [-0.25, -0.2) is 4.98 Å². The van der Waals surface area contributed by atoms with Crippen molar-refractivity contribution in [1.29, 1.82) is 0 Å². The molecule has 0 spiro atoms. The van der Waals surface area contributed by atoms with E-state index in [0.717, 1.165) is 33.1 Å². The second-order valence-electron chi connectivity index (χ2n) is 5.14. The molecule has 1 unspecified atom stereocenters. The summed E-state index contributed by atoms with van der Waals surface area (Å²) in [6.07, 6.45) is 4.40. The van der Waals surface area contributed by atoms with Crippen LogP contribution in [0.1, 0.15) is 26.2 Å². The van der Waals surface area contributed by atoms with Gasteiger partial charge in [0.05, 0.1) is 10.2 Å². The first-order valence-electron chi connectivity index (χ1n) is 7.07. The summed E-state index contributed by atoms with van der Waals surface area (Å²) in [6, 6.07) is 5.86. The van der Waals surface area contributed by atoms with Gasteiger partial charge in [-0.15, -0.1) is 11.3 Å². The molecule has 0 bridgehead atoms. The highest BCUT2D eigenvalue weighted by atomic mass is 32.2. The van der Waals surface area contributed by atoms with Crippen LogP contribution >= 0.6 is 23.1 Å². The molecule has 4 nitrogen and oxygen atoms in total. The number of hydrogen-bond donors (Lipinski definition) is 2. The van der Waals surface area contributed by atoms with Crippen LogP contribution in [0.25, 0.3) is 10.2 Å². The first kappa shape index (κ1) is 16.3. The molecule has 0 saturated carbocycles. The van der Waals surface area contributed by atoms with Gasteiger partial charge in [0.2, 0.25) is 5.91 Å². The second-order valence-corrected chi connectivity index (χ2v) is 7.22. The fourth-order valence-corrected chi connectivity index (χ4v) is 3.63. The predicted octanol–water partition coefficient (Wildman–Crippen LogP) is 3.72. The maximum absolute atomic E-state index is 12.0. The summed E-state index contributed by atoms with van der Waals surface area (Å²) in [5.74, 6) is 0.557. The van der Waals surface area contributed by atoms with Gasteiger partial charge in [-0.2, -0.15) is 0 Å². The van der Waals surface area contributed by atoms with Crippen LogP contribution in [0.3, 0.4) is 0 Å². The minimum Gasteiger partial charge on any atom is -0.330 e. The summed E-state index contributed by atoms with van der Waals surface area (Å²) in [4.78, 5) is 16.4. The number of benzene rings is 1. The number of amides is 1. The number of carbonyl (C=O) groups is 1. The van der Waals surface area contributed by atoms with Gasteiger partial charge in [-0.3, -0.25) is 4.79 Å². The molecule has 1 atom stereocenters. The lowest BCUT2D eigenvalue weighted by molar-refractivity contribution is -0.116. The van der Waals surface area contributed by atoms with Crippen LogP contribution in [0.4, 0.5) is 5.69 Å². The van der Waals surface area contributed by atoms with E-state index >= 15 is 0 Å². The molecule has 1 amide bonds. The lowest BCUT2D eigenvalue weighted by Crippen LogP contribution is -2.14. The normalized spacial score (nSPS) is 12.5. The maximum atomic E-state index is 12.0. The third kappa shape index (κ3) is 4.69. The average Bonchev–Trinajstić information content (AvgIpc) is 2.88. The Morgan fingerprint density at radius 3 is 3.00 bits per heavy atom. The molecule has 2 aromatic rings. The van der Waals surface area contributed by atoms with E-state index in [4.69, 9.17) is 5.73 Å². The molecule has 114 valence electrons. The minimum absolute atomic E-state index is 0.0628. The van der Waals surface area contributed by atoms with Crippen molar-refractivity contribution in [3.05, 3.63) is 18.2 Å². The number of carbonyl (C=O) groups excluding carboxylic acids is 1. The van der Waals surface area contributed by atoms with Crippen LogP contribution in [0, 0.1) is 5.92 Å². The monoisotopic (exact) mass is 323 g/mol. The summed E-state index contributed by atoms with van der Waals surface area (Å²) in [6.45, 7) is 2.82. The van der Waals surface area contributed by atoms with Crippen LogP contribution in [0.2, 0.25) is 0 Å². The molecule has 2 rings (SSSR count). The smallest absolute Gasteiger partial charge is 0.224 e. The third-order valence-electron chi connectivity index (χ3n) is 3.35. The maximum Gasteiger partial charge on any atom is 0.224 e. The van der Waals surface area contributed by atoms with E-state index in [1.807, 2.05) is 24.5 Å².